The number of carboxylic acids is 1. The van der Waals surface area contributed by atoms with Gasteiger partial charge in [0.2, 0.25) is 10.0 Å². The summed E-state index contributed by atoms with van der Waals surface area (Å²) in [7, 11) is -2.40. The Morgan fingerprint density at radius 2 is 2.25 bits per heavy atom. The van der Waals surface area contributed by atoms with Gasteiger partial charge in [-0.15, -0.1) is 0 Å². The number of benzene rings is 1. The van der Waals surface area contributed by atoms with Crippen molar-refractivity contribution in [2.75, 3.05) is 18.6 Å². The first-order valence-electron chi connectivity index (χ1n) is 5.95. The minimum atomic E-state index is -3.71. The highest BCUT2D eigenvalue weighted by atomic mass is 32.2. The van der Waals surface area contributed by atoms with Crippen molar-refractivity contribution in [3.63, 3.8) is 0 Å². The van der Waals surface area contributed by atoms with Crippen molar-refractivity contribution in [3.05, 3.63) is 23.8 Å². The van der Waals surface area contributed by atoms with Gasteiger partial charge < -0.3 is 9.84 Å². The average Bonchev–Trinajstić information content (AvgIpc) is 2.89. The van der Waals surface area contributed by atoms with Crippen molar-refractivity contribution in [3.8, 4) is 5.75 Å². The lowest BCUT2D eigenvalue weighted by Gasteiger charge is -2.14. The number of hydrogen-bond acceptors (Lipinski definition) is 5. The number of hydrogen-bond donors (Lipinski definition) is 2. The van der Waals surface area contributed by atoms with E-state index in [1.165, 1.54) is 25.3 Å². The Kier molecular flexibility index (Phi) is 4.56. The third kappa shape index (κ3) is 3.25. The number of rotatable bonds is 5. The van der Waals surface area contributed by atoms with Crippen LogP contribution in [0.25, 0.3) is 0 Å². The number of thioether (sulfide) groups is 1. The van der Waals surface area contributed by atoms with Gasteiger partial charge >= 0.3 is 5.97 Å². The van der Waals surface area contributed by atoms with Crippen LogP contribution in [0, 0.1) is 0 Å². The molecule has 0 aliphatic carbocycles. The summed E-state index contributed by atoms with van der Waals surface area (Å²) in [5.41, 5.74) is -0.0165. The van der Waals surface area contributed by atoms with E-state index in [1.54, 1.807) is 11.8 Å². The topological polar surface area (TPSA) is 92.7 Å². The first-order chi connectivity index (χ1) is 9.44. The Balaban J connectivity index is 2.32. The minimum absolute atomic E-state index is 0.0165. The zero-order chi connectivity index (χ0) is 14.8. The molecule has 20 heavy (non-hydrogen) atoms. The molecule has 0 bridgehead atoms. The predicted molar refractivity (Wildman–Crippen MR) is 76.0 cm³/mol. The number of sulfonamides is 1. The summed E-state index contributed by atoms with van der Waals surface area (Å²) in [6, 6.07) is 3.63. The maximum atomic E-state index is 12.3. The highest BCUT2D eigenvalue weighted by Crippen LogP contribution is 2.26. The molecule has 1 saturated heterocycles. The van der Waals surface area contributed by atoms with Crippen molar-refractivity contribution in [1.82, 2.24) is 4.72 Å². The van der Waals surface area contributed by atoms with Crippen molar-refractivity contribution in [2.24, 2.45) is 0 Å². The first-order valence-corrected chi connectivity index (χ1v) is 8.59. The molecule has 0 aromatic heterocycles. The molecule has 0 radical (unpaired) electrons. The molecule has 1 aromatic carbocycles. The van der Waals surface area contributed by atoms with Crippen LogP contribution in [-0.4, -0.2) is 44.2 Å². The molecule has 1 heterocycles. The van der Waals surface area contributed by atoms with Crippen molar-refractivity contribution < 1.29 is 23.1 Å². The average molecular weight is 317 g/mol. The SMILES string of the molecule is COc1cc(C(=O)O)ccc1S(=O)(=O)NC1CCSC1. The Hall–Kier alpha value is -1.25. The van der Waals surface area contributed by atoms with Crippen molar-refractivity contribution >= 4 is 27.8 Å². The summed E-state index contributed by atoms with van der Waals surface area (Å²) in [6.07, 6.45) is 0.791. The van der Waals surface area contributed by atoms with Gasteiger partial charge in [0.1, 0.15) is 10.6 Å². The molecular formula is C12H15NO5S2. The van der Waals surface area contributed by atoms with E-state index in [2.05, 4.69) is 4.72 Å². The van der Waals surface area contributed by atoms with Gasteiger partial charge in [-0.05, 0) is 30.4 Å². The fraction of sp³-hybridized carbons (Fsp3) is 0.417. The largest absolute Gasteiger partial charge is 0.495 e. The number of carboxylic acid groups (broad SMARTS) is 1. The number of aromatic carboxylic acids is 1. The number of carbonyl (C=O) groups is 1. The molecule has 1 aliphatic rings. The molecule has 2 N–H and O–H groups in total. The molecule has 1 unspecified atom stereocenters. The van der Waals surface area contributed by atoms with Crippen LogP contribution in [0.15, 0.2) is 23.1 Å². The summed E-state index contributed by atoms with van der Waals surface area (Å²) >= 11 is 1.70. The lowest BCUT2D eigenvalue weighted by molar-refractivity contribution is 0.0696. The predicted octanol–water partition coefficient (Wildman–Crippen LogP) is 1.18. The van der Waals surface area contributed by atoms with E-state index in [-0.39, 0.29) is 22.3 Å². The summed E-state index contributed by atoms with van der Waals surface area (Å²) < 4.78 is 32.2. The van der Waals surface area contributed by atoms with Crippen LogP contribution in [0.2, 0.25) is 0 Å². The Labute approximate surface area is 121 Å². The third-order valence-electron chi connectivity index (χ3n) is 2.95. The maximum absolute atomic E-state index is 12.3. The van der Waals surface area contributed by atoms with Gasteiger partial charge in [0.25, 0.3) is 0 Å². The van der Waals surface area contributed by atoms with E-state index in [1.807, 2.05) is 0 Å². The summed E-state index contributed by atoms with van der Waals surface area (Å²) in [5.74, 6) is 0.576. The third-order valence-corrected chi connectivity index (χ3v) is 5.67. The summed E-state index contributed by atoms with van der Waals surface area (Å²) in [4.78, 5) is 10.8. The normalized spacial score (nSPS) is 18.9. The fourth-order valence-electron chi connectivity index (χ4n) is 1.93. The van der Waals surface area contributed by atoms with Crippen LogP contribution in [0.5, 0.6) is 5.75 Å². The lowest BCUT2D eigenvalue weighted by Crippen LogP contribution is -2.34. The van der Waals surface area contributed by atoms with Crippen LogP contribution >= 0.6 is 11.8 Å². The molecule has 1 aromatic rings. The van der Waals surface area contributed by atoms with Crippen LogP contribution in [0.1, 0.15) is 16.8 Å². The highest BCUT2D eigenvalue weighted by molar-refractivity contribution is 7.99. The van der Waals surface area contributed by atoms with E-state index in [4.69, 9.17) is 9.84 Å². The van der Waals surface area contributed by atoms with E-state index in [0.29, 0.717) is 0 Å². The maximum Gasteiger partial charge on any atom is 0.335 e. The highest BCUT2D eigenvalue weighted by Gasteiger charge is 2.26. The molecule has 110 valence electrons. The van der Waals surface area contributed by atoms with Crippen LogP contribution < -0.4 is 9.46 Å². The molecule has 0 saturated carbocycles. The standard InChI is InChI=1S/C12H15NO5S2/c1-18-10-6-8(12(14)15)2-3-11(10)20(16,17)13-9-4-5-19-7-9/h2-3,6,9,13H,4-5,7H2,1H3,(H,14,15). The van der Waals surface area contributed by atoms with Crippen molar-refractivity contribution in [1.29, 1.82) is 0 Å². The van der Waals surface area contributed by atoms with Crippen LogP contribution in [-0.2, 0) is 10.0 Å². The fourth-order valence-corrected chi connectivity index (χ4v) is 4.61. The van der Waals surface area contributed by atoms with Gasteiger partial charge in [-0.3, -0.25) is 0 Å². The smallest absolute Gasteiger partial charge is 0.335 e. The van der Waals surface area contributed by atoms with Gasteiger partial charge in [-0.1, -0.05) is 0 Å². The molecule has 1 fully saturated rings. The Bertz CT molecular complexity index is 608. The van der Waals surface area contributed by atoms with Crippen LogP contribution in [0.3, 0.4) is 0 Å². The minimum Gasteiger partial charge on any atom is -0.495 e. The number of methoxy groups -OCH3 is 1. The molecular weight excluding hydrogens is 302 g/mol. The molecule has 0 spiro atoms. The van der Waals surface area contributed by atoms with E-state index in [0.717, 1.165) is 17.9 Å². The molecule has 1 atom stereocenters. The Morgan fingerprint density at radius 3 is 2.80 bits per heavy atom. The molecule has 6 nitrogen and oxygen atoms in total. The summed E-state index contributed by atoms with van der Waals surface area (Å²) in [6.45, 7) is 0. The van der Waals surface area contributed by atoms with E-state index < -0.39 is 16.0 Å². The van der Waals surface area contributed by atoms with Crippen LogP contribution in [0.4, 0.5) is 0 Å². The second-order valence-electron chi connectivity index (χ2n) is 4.35. The zero-order valence-corrected chi connectivity index (χ0v) is 12.5. The molecule has 1 aliphatic heterocycles. The van der Waals surface area contributed by atoms with Gasteiger partial charge in [-0.2, -0.15) is 11.8 Å². The van der Waals surface area contributed by atoms with Gasteiger partial charge in [0, 0.05) is 11.8 Å². The number of ether oxygens (including phenoxy) is 1. The van der Waals surface area contributed by atoms with E-state index in [9.17, 15) is 13.2 Å². The van der Waals surface area contributed by atoms with E-state index >= 15 is 0 Å². The molecule has 0 amide bonds. The number of nitrogens with one attached hydrogen (secondary N) is 1. The van der Waals surface area contributed by atoms with Gasteiger partial charge in [-0.25, -0.2) is 17.9 Å². The zero-order valence-electron chi connectivity index (χ0n) is 10.8. The first kappa shape index (κ1) is 15.1. The van der Waals surface area contributed by atoms with Crippen molar-refractivity contribution in [2.45, 2.75) is 17.4 Å². The second kappa shape index (κ2) is 6.02. The monoisotopic (exact) mass is 317 g/mol. The quantitative estimate of drug-likeness (QED) is 0.847. The Morgan fingerprint density at radius 1 is 1.50 bits per heavy atom. The van der Waals surface area contributed by atoms with Gasteiger partial charge in [0.05, 0.1) is 12.7 Å². The van der Waals surface area contributed by atoms with Gasteiger partial charge in [0.15, 0.2) is 0 Å². The molecule has 2 rings (SSSR count). The summed E-state index contributed by atoms with van der Waals surface area (Å²) in [5, 5.41) is 8.90. The lowest BCUT2D eigenvalue weighted by atomic mass is 10.2. The molecule has 8 heteroatoms. The second-order valence-corrected chi connectivity index (χ2v) is 7.18.